The third-order valence-corrected chi connectivity index (χ3v) is 4.91. The molecule has 1 unspecified atom stereocenters. The van der Waals surface area contributed by atoms with E-state index in [-0.39, 0.29) is 5.54 Å². The van der Waals surface area contributed by atoms with Gasteiger partial charge in [0.15, 0.2) is 0 Å². The van der Waals surface area contributed by atoms with Crippen LogP contribution in [0.1, 0.15) is 53.4 Å². The van der Waals surface area contributed by atoms with E-state index in [1.54, 1.807) is 0 Å². The molecule has 0 spiro atoms. The summed E-state index contributed by atoms with van der Waals surface area (Å²) < 4.78 is 0. The molecule has 16 heavy (non-hydrogen) atoms. The van der Waals surface area contributed by atoms with Crippen molar-refractivity contribution < 1.29 is 0 Å². The van der Waals surface area contributed by atoms with Crippen molar-refractivity contribution in [3.8, 4) is 0 Å². The minimum atomic E-state index is 0.274. The second kappa shape index (κ2) is 5.50. The molecule has 1 aliphatic carbocycles. The highest BCUT2D eigenvalue weighted by molar-refractivity contribution is 4.96. The molecular formula is C14H30N2. The Morgan fingerprint density at radius 2 is 1.75 bits per heavy atom. The highest BCUT2D eigenvalue weighted by Crippen LogP contribution is 2.36. The van der Waals surface area contributed by atoms with Crippen LogP contribution in [0.15, 0.2) is 0 Å². The normalized spacial score (nSPS) is 33.4. The van der Waals surface area contributed by atoms with Gasteiger partial charge < -0.3 is 5.73 Å². The van der Waals surface area contributed by atoms with Gasteiger partial charge in [0.05, 0.1) is 0 Å². The first-order valence-corrected chi connectivity index (χ1v) is 6.86. The lowest BCUT2D eigenvalue weighted by atomic mass is 9.75. The van der Waals surface area contributed by atoms with E-state index in [9.17, 15) is 0 Å². The second-order valence-electron chi connectivity index (χ2n) is 6.21. The van der Waals surface area contributed by atoms with Gasteiger partial charge >= 0.3 is 0 Å². The third kappa shape index (κ3) is 2.78. The van der Waals surface area contributed by atoms with Crippen LogP contribution in [0.2, 0.25) is 0 Å². The molecular weight excluding hydrogens is 196 g/mol. The Morgan fingerprint density at radius 3 is 2.12 bits per heavy atom. The monoisotopic (exact) mass is 226 g/mol. The number of nitrogens with two attached hydrogens (primary N) is 1. The number of hydrogen-bond donors (Lipinski definition) is 1. The maximum Gasteiger partial charge on any atom is 0.0331 e. The van der Waals surface area contributed by atoms with Crippen LogP contribution in [-0.4, -0.2) is 30.1 Å². The first-order valence-electron chi connectivity index (χ1n) is 6.86. The summed E-state index contributed by atoms with van der Waals surface area (Å²) in [5.74, 6) is 1.59. The summed E-state index contributed by atoms with van der Waals surface area (Å²) >= 11 is 0. The molecule has 2 heteroatoms. The van der Waals surface area contributed by atoms with Crippen LogP contribution >= 0.6 is 0 Å². The Labute approximate surface area is 102 Å². The Morgan fingerprint density at radius 1 is 1.25 bits per heavy atom. The van der Waals surface area contributed by atoms with Crippen LogP contribution in [0.3, 0.4) is 0 Å². The quantitative estimate of drug-likeness (QED) is 0.798. The fraction of sp³-hybridized carbons (Fsp3) is 1.00. The van der Waals surface area contributed by atoms with Gasteiger partial charge in [-0.25, -0.2) is 0 Å². The fourth-order valence-electron chi connectivity index (χ4n) is 2.88. The Bertz CT molecular complexity index is 205. The minimum absolute atomic E-state index is 0.274. The van der Waals surface area contributed by atoms with E-state index >= 15 is 0 Å². The molecule has 2 N–H and O–H groups in total. The first-order chi connectivity index (χ1) is 7.43. The molecule has 2 nitrogen and oxygen atoms in total. The van der Waals surface area contributed by atoms with Gasteiger partial charge in [0, 0.05) is 18.1 Å². The summed E-state index contributed by atoms with van der Waals surface area (Å²) in [7, 11) is 2.27. The van der Waals surface area contributed by atoms with Gasteiger partial charge in [-0.3, -0.25) is 4.90 Å². The van der Waals surface area contributed by atoms with Crippen LogP contribution in [0.4, 0.5) is 0 Å². The minimum Gasteiger partial charge on any atom is -0.329 e. The second-order valence-corrected chi connectivity index (χ2v) is 6.21. The summed E-state index contributed by atoms with van der Waals surface area (Å²) in [6, 6.07) is 0.622. The third-order valence-electron chi connectivity index (χ3n) is 4.91. The van der Waals surface area contributed by atoms with Crippen LogP contribution < -0.4 is 5.73 Å². The molecule has 96 valence electrons. The molecule has 1 aliphatic rings. The molecule has 0 heterocycles. The molecule has 1 rings (SSSR count). The summed E-state index contributed by atoms with van der Waals surface area (Å²) in [6.07, 6.45) is 5.23. The van der Waals surface area contributed by atoms with Crippen molar-refractivity contribution in [3.05, 3.63) is 0 Å². The molecule has 0 saturated heterocycles. The molecule has 1 atom stereocenters. The predicted molar refractivity (Wildman–Crippen MR) is 71.5 cm³/mol. The van der Waals surface area contributed by atoms with Gasteiger partial charge in [-0.1, -0.05) is 20.8 Å². The topological polar surface area (TPSA) is 29.3 Å². The molecule has 0 aromatic heterocycles. The number of likely N-dealkylation sites (N-methyl/N-ethyl adjacent to an activating group) is 1. The lowest BCUT2D eigenvalue weighted by Gasteiger charge is -2.49. The van der Waals surface area contributed by atoms with E-state index in [0.29, 0.717) is 12.0 Å². The van der Waals surface area contributed by atoms with Crippen molar-refractivity contribution in [2.45, 2.75) is 65.0 Å². The molecule has 0 aliphatic heterocycles. The number of rotatable bonds is 4. The van der Waals surface area contributed by atoms with Gasteiger partial charge in [0.1, 0.15) is 0 Å². The summed E-state index contributed by atoms with van der Waals surface area (Å²) in [6.45, 7) is 10.1. The molecule has 0 bridgehead atoms. The summed E-state index contributed by atoms with van der Waals surface area (Å²) in [5, 5.41) is 0. The maximum atomic E-state index is 6.08. The van der Waals surface area contributed by atoms with Crippen molar-refractivity contribution in [3.63, 3.8) is 0 Å². The van der Waals surface area contributed by atoms with Gasteiger partial charge in [-0.2, -0.15) is 0 Å². The van der Waals surface area contributed by atoms with Gasteiger partial charge in [0.2, 0.25) is 0 Å². The van der Waals surface area contributed by atoms with Gasteiger partial charge in [-0.05, 0) is 51.5 Å². The average Bonchev–Trinajstić information content (AvgIpc) is 2.28. The van der Waals surface area contributed by atoms with E-state index in [4.69, 9.17) is 5.73 Å². The Balaban J connectivity index is 2.72. The lowest BCUT2D eigenvalue weighted by Crippen LogP contribution is -2.57. The first kappa shape index (κ1) is 14.0. The van der Waals surface area contributed by atoms with Crippen molar-refractivity contribution in [1.29, 1.82) is 0 Å². The molecule has 1 saturated carbocycles. The summed E-state index contributed by atoms with van der Waals surface area (Å²) in [4.78, 5) is 2.56. The molecule has 1 fully saturated rings. The van der Waals surface area contributed by atoms with Crippen molar-refractivity contribution in [1.82, 2.24) is 4.90 Å². The van der Waals surface area contributed by atoms with Crippen molar-refractivity contribution >= 4 is 0 Å². The zero-order valence-corrected chi connectivity index (χ0v) is 11.8. The molecule has 0 amide bonds. The zero-order valence-electron chi connectivity index (χ0n) is 11.8. The smallest absolute Gasteiger partial charge is 0.0331 e. The van der Waals surface area contributed by atoms with Crippen molar-refractivity contribution in [2.75, 3.05) is 13.6 Å². The van der Waals surface area contributed by atoms with E-state index in [1.165, 1.54) is 25.7 Å². The van der Waals surface area contributed by atoms with E-state index < -0.39 is 0 Å². The van der Waals surface area contributed by atoms with Crippen LogP contribution in [-0.2, 0) is 0 Å². The lowest BCUT2D eigenvalue weighted by molar-refractivity contribution is 0.0228. The standard InChI is InChI=1S/C14H30N2/c1-11(2)13(4)16(5)14(10-15)8-6-12(3)7-9-14/h11-13H,6-10,15H2,1-5H3. The predicted octanol–water partition coefficient (Wildman–Crippen LogP) is 2.87. The summed E-state index contributed by atoms with van der Waals surface area (Å²) in [5.41, 5.74) is 6.35. The van der Waals surface area contributed by atoms with Crippen LogP contribution in [0.5, 0.6) is 0 Å². The zero-order chi connectivity index (χ0) is 12.3. The molecule has 0 aromatic carbocycles. The number of hydrogen-bond acceptors (Lipinski definition) is 2. The Kier molecular flexibility index (Phi) is 4.81. The SMILES string of the molecule is CC1CCC(CN)(N(C)C(C)C(C)C)CC1. The largest absolute Gasteiger partial charge is 0.329 e. The fourth-order valence-corrected chi connectivity index (χ4v) is 2.88. The van der Waals surface area contributed by atoms with Gasteiger partial charge in [0.25, 0.3) is 0 Å². The van der Waals surface area contributed by atoms with E-state index in [1.807, 2.05) is 0 Å². The van der Waals surface area contributed by atoms with Gasteiger partial charge in [-0.15, -0.1) is 0 Å². The van der Waals surface area contributed by atoms with Crippen LogP contribution in [0.25, 0.3) is 0 Å². The van der Waals surface area contributed by atoms with E-state index in [0.717, 1.165) is 12.5 Å². The van der Waals surface area contributed by atoms with Crippen molar-refractivity contribution in [2.24, 2.45) is 17.6 Å². The maximum absolute atomic E-state index is 6.08. The number of nitrogens with zero attached hydrogens (tertiary/aromatic N) is 1. The average molecular weight is 226 g/mol. The highest BCUT2D eigenvalue weighted by Gasteiger charge is 2.38. The molecule has 0 radical (unpaired) electrons. The van der Waals surface area contributed by atoms with E-state index in [2.05, 4.69) is 39.6 Å². The molecule has 0 aromatic rings. The Hall–Kier alpha value is -0.0800. The highest BCUT2D eigenvalue weighted by atomic mass is 15.2. The van der Waals surface area contributed by atoms with Crippen LogP contribution in [0, 0.1) is 11.8 Å².